The maximum atomic E-state index is 12.4. The normalized spacial score (nSPS) is 26.1. The molecule has 1 unspecified atom stereocenters. The molecule has 1 saturated carbocycles. The molecule has 1 aliphatic carbocycles. The van der Waals surface area contributed by atoms with Crippen LogP contribution >= 0.6 is 11.6 Å². The van der Waals surface area contributed by atoms with E-state index in [1.165, 1.54) is 29.3 Å². The number of piperidine rings is 1. The van der Waals surface area contributed by atoms with Crippen molar-refractivity contribution in [1.82, 2.24) is 9.88 Å². The zero-order chi connectivity index (χ0) is 18.3. The van der Waals surface area contributed by atoms with E-state index in [1.54, 1.807) is 0 Å². The molecule has 1 aromatic heterocycles. The predicted octanol–water partition coefficient (Wildman–Crippen LogP) is 2.15. The SMILES string of the molecule is CS(C)(=O)=Nc1cn(CC2(O)CCNCC23CCCC3)c(=O)cc1Cl. The first-order valence-electron chi connectivity index (χ1n) is 8.64. The Morgan fingerprint density at radius 1 is 1.36 bits per heavy atom. The minimum Gasteiger partial charge on any atom is -0.387 e. The predicted molar refractivity (Wildman–Crippen MR) is 101 cm³/mol. The zero-order valence-electron chi connectivity index (χ0n) is 14.8. The second kappa shape index (κ2) is 6.68. The minimum absolute atomic E-state index is 0.186. The van der Waals surface area contributed by atoms with Crippen molar-refractivity contribution in [3.8, 4) is 0 Å². The molecule has 1 spiro atoms. The molecule has 1 aliphatic heterocycles. The summed E-state index contributed by atoms with van der Waals surface area (Å²) in [5.41, 5.74) is -1.08. The topological polar surface area (TPSA) is 83.7 Å². The van der Waals surface area contributed by atoms with E-state index in [4.69, 9.17) is 11.6 Å². The molecular formula is C17H26ClN3O3S. The van der Waals surface area contributed by atoms with Crippen molar-refractivity contribution in [3.05, 3.63) is 27.6 Å². The van der Waals surface area contributed by atoms with Crippen molar-refractivity contribution in [2.45, 2.75) is 44.2 Å². The van der Waals surface area contributed by atoms with Gasteiger partial charge in [0.05, 0.1) is 17.2 Å². The van der Waals surface area contributed by atoms with Gasteiger partial charge in [0.15, 0.2) is 0 Å². The van der Waals surface area contributed by atoms with Crippen LogP contribution in [0.2, 0.25) is 5.02 Å². The van der Waals surface area contributed by atoms with Gasteiger partial charge in [0, 0.05) is 46.5 Å². The number of nitrogens with zero attached hydrogens (tertiary/aromatic N) is 2. The van der Waals surface area contributed by atoms with Crippen LogP contribution < -0.4 is 10.9 Å². The van der Waals surface area contributed by atoms with E-state index >= 15 is 0 Å². The molecular weight excluding hydrogens is 362 g/mol. The van der Waals surface area contributed by atoms with E-state index in [0.29, 0.717) is 12.1 Å². The Hall–Kier alpha value is -0.890. The van der Waals surface area contributed by atoms with Crippen molar-refractivity contribution in [3.63, 3.8) is 0 Å². The third kappa shape index (κ3) is 3.79. The summed E-state index contributed by atoms with van der Waals surface area (Å²) in [6.07, 6.45) is 9.31. The van der Waals surface area contributed by atoms with E-state index in [0.717, 1.165) is 38.8 Å². The molecule has 1 aromatic rings. The van der Waals surface area contributed by atoms with Crippen molar-refractivity contribution >= 4 is 27.0 Å². The Kier molecular flexibility index (Phi) is 5.05. The van der Waals surface area contributed by atoms with E-state index in [-0.39, 0.29) is 22.5 Å². The van der Waals surface area contributed by atoms with Crippen LogP contribution in [0.25, 0.3) is 0 Å². The van der Waals surface area contributed by atoms with Crippen LogP contribution in [0.3, 0.4) is 0 Å². The van der Waals surface area contributed by atoms with Gasteiger partial charge < -0.3 is 15.0 Å². The number of rotatable bonds is 3. The van der Waals surface area contributed by atoms with Gasteiger partial charge in [-0.2, -0.15) is 4.36 Å². The number of nitrogens with one attached hydrogen (secondary N) is 1. The van der Waals surface area contributed by atoms with Gasteiger partial charge in [-0.15, -0.1) is 0 Å². The Bertz CT molecular complexity index is 830. The Morgan fingerprint density at radius 2 is 2.04 bits per heavy atom. The quantitative estimate of drug-likeness (QED) is 0.832. The zero-order valence-corrected chi connectivity index (χ0v) is 16.3. The Morgan fingerprint density at radius 3 is 2.68 bits per heavy atom. The lowest BCUT2D eigenvalue weighted by Crippen LogP contribution is -2.60. The molecule has 2 aliphatic rings. The molecule has 8 heteroatoms. The number of aromatic nitrogens is 1. The van der Waals surface area contributed by atoms with E-state index in [2.05, 4.69) is 9.68 Å². The first kappa shape index (κ1) is 18.9. The molecule has 0 amide bonds. The fourth-order valence-electron chi connectivity index (χ4n) is 4.24. The molecule has 0 radical (unpaired) electrons. The van der Waals surface area contributed by atoms with Crippen LogP contribution in [0.1, 0.15) is 32.1 Å². The van der Waals surface area contributed by atoms with E-state index in [9.17, 15) is 14.1 Å². The van der Waals surface area contributed by atoms with Gasteiger partial charge in [0.1, 0.15) is 5.69 Å². The number of hydrogen-bond donors (Lipinski definition) is 2. The highest BCUT2D eigenvalue weighted by molar-refractivity contribution is 7.92. The molecule has 0 bridgehead atoms. The average molecular weight is 388 g/mol. The van der Waals surface area contributed by atoms with Crippen molar-refractivity contribution < 1.29 is 9.32 Å². The molecule has 2 heterocycles. The molecule has 140 valence electrons. The molecule has 2 N–H and O–H groups in total. The van der Waals surface area contributed by atoms with Crippen molar-refractivity contribution in [2.24, 2.45) is 9.78 Å². The summed E-state index contributed by atoms with van der Waals surface area (Å²) >= 11 is 6.10. The van der Waals surface area contributed by atoms with Crippen LogP contribution in [-0.4, -0.2) is 45.1 Å². The Labute approximate surface area is 153 Å². The number of halogens is 1. The lowest BCUT2D eigenvalue weighted by molar-refractivity contribution is -0.115. The fraction of sp³-hybridized carbons (Fsp3) is 0.706. The maximum absolute atomic E-state index is 12.4. The molecule has 3 rings (SSSR count). The van der Waals surface area contributed by atoms with Crippen LogP contribution in [0.4, 0.5) is 5.69 Å². The Balaban J connectivity index is 2.00. The van der Waals surface area contributed by atoms with Gasteiger partial charge in [0.2, 0.25) is 0 Å². The molecule has 1 saturated heterocycles. The van der Waals surface area contributed by atoms with Gasteiger partial charge in [-0.25, -0.2) is 4.21 Å². The molecule has 1 atom stereocenters. The van der Waals surface area contributed by atoms with Crippen molar-refractivity contribution in [1.29, 1.82) is 0 Å². The standard InChI is InChI=1S/C17H26ClN3O3S/c1-25(2,24)20-14-10-21(15(22)9-13(14)18)12-17(23)7-8-19-11-16(17)5-3-4-6-16/h9-10,19,23H,3-8,11-12H2,1-2H3. The fourth-order valence-corrected chi connectivity index (χ4v) is 5.09. The lowest BCUT2D eigenvalue weighted by atomic mass is 9.66. The first-order valence-corrected chi connectivity index (χ1v) is 11.4. The highest BCUT2D eigenvalue weighted by atomic mass is 35.5. The summed E-state index contributed by atoms with van der Waals surface area (Å²) < 4.78 is 17.6. The monoisotopic (exact) mass is 387 g/mol. The van der Waals surface area contributed by atoms with E-state index < -0.39 is 15.3 Å². The summed E-state index contributed by atoms with van der Waals surface area (Å²) in [7, 11) is -2.40. The largest absolute Gasteiger partial charge is 0.387 e. The number of pyridine rings is 1. The van der Waals surface area contributed by atoms with Gasteiger partial charge in [-0.1, -0.05) is 24.4 Å². The number of aliphatic hydroxyl groups is 1. The van der Waals surface area contributed by atoms with Crippen molar-refractivity contribution in [2.75, 3.05) is 25.6 Å². The van der Waals surface area contributed by atoms with E-state index in [1.807, 2.05) is 0 Å². The van der Waals surface area contributed by atoms with Gasteiger partial charge in [-0.05, 0) is 25.8 Å². The highest BCUT2D eigenvalue weighted by Gasteiger charge is 2.53. The van der Waals surface area contributed by atoms with Gasteiger partial charge in [0.25, 0.3) is 5.56 Å². The summed E-state index contributed by atoms with van der Waals surface area (Å²) in [4.78, 5) is 12.4. The van der Waals surface area contributed by atoms with Crippen LogP contribution in [-0.2, 0) is 16.3 Å². The highest BCUT2D eigenvalue weighted by Crippen LogP contribution is 2.49. The summed E-state index contributed by atoms with van der Waals surface area (Å²) in [5, 5.41) is 15.1. The smallest absolute Gasteiger partial charge is 0.252 e. The van der Waals surface area contributed by atoms with Crippen LogP contribution in [0, 0.1) is 5.41 Å². The van der Waals surface area contributed by atoms with Gasteiger partial charge >= 0.3 is 0 Å². The van der Waals surface area contributed by atoms with Crippen LogP contribution in [0.15, 0.2) is 21.4 Å². The molecule has 2 fully saturated rings. The minimum atomic E-state index is -2.40. The van der Waals surface area contributed by atoms with Gasteiger partial charge in [-0.3, -0.25) is 4.79 Å². The summed E-state index contributed by atoms with van der Waals surface area (Å²) in [6, 6.07) is 1.29. The summed E-state index contributed by atoms with van der Waals surface area (Å²) in [6.45, 7) is 1.72. The second-order valence-corrected chi connectivity index (χ2v) is 10.6. The average Bonchev–Trinajstić information content (AvgIpc) is 2.97. The summed E-state index contributed by atoms with van der Waals surface area (Å²) in [5.74, 6) is 0. The third-order valence-electron chi connectivity index (χ3n) is 5.53. The third-order valence-corrected chi connectivity index (χ3v) is 6.47. The molecule has 25 heavy (non-hydrogen) atoms. The second-order valence-electron chi connectivity index (χ2n) is 7.69. The lowest BCUT2D eigenvalue weighted by Gasteiger charge is -2.49. The first-order chi connectivity index (χ1) is 11.6. The van der Waals surface area contributed by atoms with Crippen LogP contribution in [0.5, 0.6) is 0 Å². The number of hydrogen-bond acceptors (Lipinski definition) is 5. The maximum Gasteiger partial charge on any atom is 0.252 e. The molecule has 6 nitrogen and oxygen atoms in total. The molecule has 0 aromatic carbocycles.